The van der Waals surface area contributed by atoms with Gasteiger partial charge in [0.2, 0.25) is 0 Å². The lowest BCUT2D eigenvalue weighted by Crippen LogP contribution is -2.18. The van der Waals surface area contributed by atoms with Crippen LogP contribution in [0, 0.1) is 0 Å². The van der Waals surface area contributed by atoms with Gasteiger partial charge in [-0.1, -0.05) is 18.2 Å². The van der Waals surface area contributed by atoms with Gasteiger partial charge in [0.25, 0.3) is 11.8 Å². The van der Waals surface area contributed by atoms with E-state index in [1.54, 1.807) is 36.4 Å². The molecule has 0 aliphatic heterocycles. The van der Waals surface area contributed by atoms with Gasteiger partial charge in [0.15, 0.2) is 0 Å². The maximum Gasteiger partial charge on any atom is 0.416 e. The van der Waals surface area contributed by atoms with E-state index in [1.807, 2.05) is 0 Å². The molecule has 0 spiro atoms. The molecule has 8 heteroatoms. The third kappa shape index (κ3) is 4.96. The Labute approximate surface area is 170 Å². The van der Waals surface area contributed by atoms with Gasteiger partial charge in [-0.15, -0.1) is 0 Å². The summed E-state index contributed by atoms with van der Waals surface area (Å²) < 4.78 is 43.7. The molecule has 0 aromatic heterocycles. The molecule has 30 heavy (non-hydrogen) atoms. The van der Waals surface area contributed by atoms with E-state index < -0.39 is 23.6 Å². The first-order chi connectivity index (χ1) is 14.3. The van der Waals surface area contributed by atoms with E-state index in [1.165, 1.54) is 31.4 Å². The maximum atomic E-state index is 12.9. The van der Waals surface area contributed by atoms with Gasteiger partial charge < -0.3 is 15.4 Å². The second-order valence-electron chi connectivity index (χ2n) is 6.26. The number of rotatable bonds is 5. The van der Waals surface area contributed by atoms with Crippen molar-refractivity contribution in [3.05, 3.63) is 89.5 Å². The molecule has 0 atom stereocenters. The fraction of sp³-hybridized carbons (Fsp3) is 0.0909. The van der Waals surface area contributed by atoms with E-state index in [0.717, 1.165) is 12.1 Å². The van der Waals surface area contributed by atoms with Crippen LogP contribution in [0.3, 0.4) is 0 Å². The molecule has 2 N–H and O–H groups in total. The van der Waals surface area contributed by atoms with Crippen molar-refractivity contribution in [3.63, 3.8) is 0 Å². The van der Waals surface area contributed by atoms with E-state index in [-0.39, 0.29) is 16.9 Å². The first kappa shape index (κ1) is 20.9. The Bertz CT molecular complexity index is 1060. The monoisotopic (exact) mass is 414 g/mol. The van der Waals surface area contributed by atoms with Gasteiger partial charge in [0.1, 0.15) is 5.75 Å². The molecule has 0 bridgehead atoms. The number of hydrogen-bond donors (Lipinski definition) is 2. The number of amides is 2. The average Bonchev–Trinajstić information content (AvgIpc) is 2.73. The quantitative estimate of drug-likeness (QED) is 0.602. The number of hydrogen-bond acceptors (Lipinski definition) is 3. The fourth-order valence-corrected chi connectivity index (χ4v) is 2.70. The summed E-state index contributed by atoms with van der Waals surface area (Å²) in [5, 5.41) is 5.08. The number of methoxy groups -OCH3 is 1. The Morgan fingerprint density at radius 1 is 0.833 bits per heavy atom. The number of carbonyl (C=O) groups excluding carboxylic acids is 2. The zero-order valence-electron chi connectivity index (χ0n) is 15.8. The highest BCUT2D eigenvalue weighted by Crippen LogP contribution is 2.31. The van der Waals surface area contributed by atoms with Crippen molar-refractivity contribution in [2.45, 2.75) is 6.18 Å². The SMILES string of the molecule is COc1ccc(C(=O)Nc2ccccc2C(=O)Nc2cccc(C(F)(F)F)c2)cc1. The van der Waals surface area contributed by atoms with E-state index >= 15 is 0 Å². The Morgan fingerprint density at radius 2 is 1.53 bits per heavy atom. The predicted octanol–water partition coefficient (Wildman–Crippen LogP) is 5.22. The van der Waals surface area contributed by atoms with Gasteiger partial charge >= 0.3 is 6.18 Å². The van der Waals surface area contributed by atoms with Gasteiger partial charge in [0, 0.05) is 11.3 Å². The summed E-state index contributed by atoms with van der Waals surface area (Å²) in [6.07, 6.45) is -4.52. The molecule has 154 valence electrons. The minimum absolute atomic E-state index is 0.00823. The first-order valence-electron chi connectivity index (χ1n) is 8.81. The first-order valence-corrected chi connectivity index (χ1v) is 8.81. The highest BCUT2D eigenvalue weighted by molar-refractivity contribution is 6.12. The van der Waals surface area contributed by atoms with Crippen molar-refractivity contribution in [2.24, 2.45) is 0 Å². The largest absolute Gasteiger partial charge is 0.497 e. The molecule has 0 radical (unpaired) electrons. The number of halogens is 3. The number of alkyl halides is 3. The van der Waals surface area contributed by atoms with Crippen molar-refractivity contribution >= 4 is 23.2 Å². The van der Waals surface area contributed by atoms with Gasteiger partial charge in [-0.3, -0.25) is 9.59 Å². The van der Waals surface area contributed by atoms with E-state index in [4.69, 9.17) is 4.74 Å². The van der Waals surface area contributed by atoms with Crippen LogP contribution in [-0.2, 0) is 6.18 Å². The lowest BCUT2D eigenvalue weighted by molar-refractivity contribution is -0.137. The second-order valence-corrected chi connectivity index (χ2v) is 6.26. The van der Waals surface area contributed by atoms with Crippen LogP contribution in [0.25, 0.3) is 0 Å². The summed E-state index contributed by atoms with van der Waals surface area (Å²) in [6, 6.07) is 16.9. The normalized spacial score (nSPS) is 10.9. The molecule has 0 unspecified atom stereocenters. The fourth-order valence-electron chi connectivity index (χ4n) is 2.70. The van der Waals surface area contributed by atoms with Crippen molar-refractivity contribution < 1.29 is 27.5 Å². The topological polar surface area (TPSA) is 67.4 Å². The van der Waals surface area contributed by atoms with E-state index in [0.29, 0.717) is 11.3 Å². The molecule has 0 aliphatic carbocycles. The maximum absolute atomic E-state index is 12.9. The molecule has 0 saturated heterocycles. The second kappa shape index (κ2) is 8.69. The molecular formula is C22H17F3N2O3. The van der Waals surface area contributed by atoms with Crippen molar-refractivity contribution in [2.75, 3.05) is 17.7 Å². The molecule has 0 heterocycles. The Balaban J connectivity index is 1.79. The summed E-state index contributed by atoms with van der Waals surface area (Å²) in [7, 11) is 1.51. The smallest absolute Gasteiger partial charge is 0.416 e. The Kier molecular flexibility index (Phi) is 6.06. The van der Waals surface area contributed by atoms with Crippen LogP contribution in [0.5, 0.6) is 5.75 Å². The lowest BCUT2D eigenvalue weighted by Gasteiger charge is -2.13. The number of ether oxygens (including phenoxy) is 1. The third-order valence-corrected chi connectivity index (χ3v) is 4.22. The van der Waals surface area contributed by atoms with Gasteiger partial charge in [-0.05, 0) is 54.6 Å². The number of para-hydroxylation sites is 1. The molecular weight excluding hydrogens is 397 g/mol. The minimum atomic E-state index is -4.52. The van der Waals surface area contributed by atoms with Crippen LogP contribution in [0.1, 0.15) is 26.3 Å². The van der Waals surface area contributed by atoms with Crippen LogP contribution in [-0.4, -0.2) is 18.9 Å². The molecule has 3 aromatic rings. The highest BCUT2D eigenvalue weighted by Gasteiger charge is 2.30. The molecule has 5 nitrogen and oxygen atoms in total. The standard InChI is InChI=1S/C22H17F3N2O3/c1-30-17-11-9-14(10-12-17)20(28)27-19-8-3-2-7-18(19)21(29)26-16-6-4-5-15(13-16)22(23,24)25/h2-13H,1H3,(H,26,29)(H,27,28). The summed E-state index contributed by atoms with van der Waals surface area (Å²) in [4.78, 5) is 25.1. The summed E-state index contributed by atoms with van der Waals surface area (Å²) in [5.74, 6) is -0.510. The van der Waals surface area contributed by atoms with Crippen LogP contribution in [0.15, 0.2) is 72.8 Å². The minimum Gasteiger partial charge on any atom is -0.497 e. The molecule has 0 fully saturated rings. The molecule has 2 amide bonds. The van der Waals surface area contributed by atoms with Crippen molar-refractivity contribution in [1.82, 2.24) is 0 Å². The third-order valence-electron chi connectivity index (χ3n) is 4.22. The Morgan fingerprint density at radius 3 is 2.20 bits per heavy atom. The number of nitrogens with one attached hydrogen (secondary N) is 2. The van der Waals surface area contributed by atoms with Crippen LogP contribution in [0.4, 0.5) is 24.5 Å². The van der Waals surface area contributed by atoms with Crippen LogP contribution >= 0.6 is 0 Å². The number of carbonyl (C=O) groups is 2. The lowest BCUT2D eigenvalue weighted by atomic mass is 10.1. The molecule has 3 rings (SSSR count). The number of benzene rings is 3. The predicted molar refractivity (Wildman–Crippen MR) is 107 cm³/mol. The molecule has 3 aromatic carbocycles. The zero-order valence-corrected chi connectivity index (χ0v) is 15.8. The van der Waals surface area contributed by atoms with Crippen LogP contribution in [0.2, 0.25) is 0 Å². The van der Waals surface area contributed by atoms with Crippen molar-refractivity contribution in [1.29, 1.82) is 0 Å². The van der Waals surface area contributed by atoms with Crippen LogP contribution < -0.4 is 15.4 Å². The summed E-state index contributed by atoms with van der Waals surface area (Å²) >= 11 is 0. The Hall–Kier alpha value is -3.81. The summed E-state index contributed by atoms with van der Waals surface area (Å²) in [6.45, 7) is 0. The van der Waals surface area contributed by atoms with Crippen molar-refractivity contribution in [3.8, 4) is 5.75 Å². The average molecular weight is 414 g/mol. The molecule has 0 saturated carbocycles. The zero-order chi connectivity index (χ0) is 21.7. The molecule has 0 aliphatic rings. The summed E-state index contributed by atoms with van der Waals surface area (Å²) in [5.41, 5.74) is -0.198. The van der Waals surface area contributed by atoms with E-state index in [2.05, 4.69) is 10.6 Å². The van der Waals surface area contributed by atoms with E-state index in [9.17, 15) is 22.8 Å². The van der Waals surface area contributed by atoms with Gasteiger partial charge in [-0.25, -0.2) is 0 Å². The number of anilines is 2. The van der Waals surface area contributed by atoms with Gasteiger partial charge in [0.05, 0.1) is 23.9 Å². The van der Waals surface area contributed by atoms with Gasteiger partial charge in [-0.2, -0.15) is 13.2 Å². The highest BCUT2D eigenvalue weighted by atomic mass is 19.4.